The van der Waals surface area contributed by atoms with E-state index in [4.69, 9.17) is 9.47 Å². The van der Waals surface area contributed by atoms with Crippen molar-refractivity contribution < 1.29 is 31.1 Å². The van der Waals surface area contributed by atoms with E-state index in [1.165, 1.54) is 32.4 Å². The number of nitrogens with one attached hydrogen (secondary N) is 2. The Balaban J connectivity index is 1.87. The molecular weight excluding hydrogens is 412 g/mol. The van der Waals surface area contributed by atoms with E-state index in [-0.39, 0.29) is 34.8 Å². The Labute approximate surface area is 161 Å². The van der Waals surface area contributed by atoms with E-state index in [9.17, 15) is 21.6 Å². The molecule has 0 saturated heterocycles. The summed E-state index contributed by atoms with van der Waals surface area (Å²) in [6.07, 6.45) is 0.213. The van der Waals surface area contributed by atoms with Crippen molar-refractivity contribution in [3.05, 3.63) is 29.8 Å². The molecule has 0 radical (unpaired) electrons. The van der Waals surface area contributed by atoms with Crippen LogP contribution in [0.3, 0.4) is 0 Å². The molecule has 150 valence electrons. The largest absolute Gasteiger partial charge is 0.481 e. The zero-order chi connectivity index (χ0) is 20.5. The minimum Gasteiger partial charge on any atom is -0.481 e. The summed E-state index contributed by atoms with van der Waals surface area (Å²) in [6, 6.07) is 4.26. The molecule has 2 N–H and O–H groups in total. The van der Waals surface area contributed by atoms with Crippen LogP contribution in [0.4, 0.5) is 10.7 Å². The van der Waals surface area contributed by atoms with Gasteiger partial charge in [-0.15, -0.1) is 0 Å². The van der Waals surface area contributed by atoms with Gasteiger partial charge < -0.3 is 9.47 Å². The highest BCUT2D eigenvalue weighted by Crippen LogP contribution is 2.31. The Morgan fingerprint density at radius 1 is 1.14 bits per heavy atom. The summed E-state index contributed by atoms with van der Waals surface area (Å²) in [4.78, 5) is 19.1. The quantitative estimate of drug-likeness (QED) is 0.686. The predicted octanol–water partition coefficient (Wildman–Crippen LogP) is 0.334. The van der Waals surface area contributed by atoms with Gasteiger partial charge in [0.05, 0.1) is 30.9 Å². The van der Waals surface area contributed by atoms with Gasteiger partial charge in [0.25, 0.3) is 10.0 Å². The van der Waals surface area contributed by atoms with Gasteiger partial charge in [0.2, 0.25) is 17.7 Å². The molecule has 0 saturated carbocycles. The number of urea groups is 1. The normalized spacial score (nSPS) is 14.8. The second-order valence-electron chi connectivity index (χ2n) is 5.65. The van der Waals surface area contributed by atoms with Gasteiger partial charge in [-0.1, -0.05) is 12.1 Å². The number of nitrogens with zero attached hydrogens (tertiary/aromatic N) is 2. The lowest BCUT2D eigenvalue weighted by Gasteiger charge is -2.11. The van der Waals surface area contributed by atoms with Crippen LogP contribution in [-0.2, 0) is 26.3 Å². The van der Waals surface area contributed by atoms with Crippen LogP contribution >= 0.6 is 0 Å². The summed E-state index contributed by atoms with van der Waals surface area (Å²) in [5.41, 5.74) is 0.393. The summed E-state index contributed by atoms with van der Waals surface area (Å²) in [5, 5.41) is 2.14. The lowest BCUT2D eigenvalue weighted by molar-refractivity contribution is 0.256. The van der Waals surface area contributed by atoms with Gasteiger partial charge in [-0.3, -0.25) is 5.32 Å². The molecule has 0 fully saturated rings. The molecule has 2 aromatic rings. The molecule has 11 nitrogen and oxygen atoms in total. The highest BCUT2D eigenvalue weighted by atomic mass is 32.2. The number of amides is 2. The number of anilines is 1. The van der Waals surface area contributed by atoms with Crippen LogP contribution in [0, 0.1) is 0 Å². The smallest absolute Gasteiger partial charge is 0.335 e. The first kappa shape index (κ1) is 19.8. The molecule has 2 amide bonds. The number of benzene rings is 1. The Bertz CT molecular complexity index is 1120. The first-order valence-corrected chi connectivity index (χ1v) is 11.0. The van der Waals surface area contributed by atoms with Crippen LogP contribution < -0.4 is 19.5 Å². The van der Waals surface area contributed by atoms with Crippen molar-refractivity contribution in [2.75, 3.05) is 25.3 Å². The first-order chi connectivity index (χ1) is 13.2. The summed E-state index contributed by atoms with van der Waals surface area (Å²) in [6.45, 7) is 0. The van der Waals surface area contributed by atoms with Crippen LogP contribution in [0.2, 0.25) is 0 Å². The lowest BCUT2D eigenvalue weighted by atomic mass is 10.2. The molecule has 0 aliphatic carbocycles. The first-order valence-electron chi connectivity index (χ1n) is 7.82. The third-order valence-electron chi connectivity index (χ3n) is 3.85. The Morgan fingerprint density at radius 2 is 1.79 bits per heavy atom. The van der Waals surface area contributed by atoms with Gasteiger partial charge in [-0.05, 0) is 18.1 Å². The number of rotatable bonds is 5. The van der Waals surface area contributed by atoms with Crippen molar-refractivity contribution in [2.45, 2.75) is 16.2 Å². The second kappa shape index (κ2) is 7.24. The van der Waals surface area contributed by atoms with Crippen molar-refractivity contribution in [3.63, 3.8) is 0 Å². The van der Waals surface area contributed by atoms with E-state index in [0.717, 1.165) is 6.07 Å². The highest BCUT2D eigenvalue weighted by molar-refractivity contribution is 7.94. The van der Waals surface area contributed by atoms with Crippen LogP contribution in [-0.4, -0.2) is 52.8 Å². The van der Waals surface area contributed by atoms with Gasteiger partial charge in [0, 0.05) is 0 Å². The van der Waals surface area contributed by atoms with Crippen molar-refractivity contribution in [2.24, 2.45) is 0 Å². The van der Waals surface area contributed by atoms with Crippen molar-refractivity contribution in [1.29, 1.82) is 0 Å². The number of sulfonamides is 1. The maximum atomic E-state index is 12.6. The molecule has 1 aromatic carbocycles. The minimum atomic E-state index is -4.47. The SMILES string of the molecule is COc1cc(OC)nc(NC(=O)NS(=O)(=O)c2cccc3c2S(=O)(=O)CC3)n1. The van der Waals surface area contributed by atoms with Crippen molar-refractivity contribution in [1.82, 2.24) is 14.7 Å². The molecule has 0 bridgehead atoms. The number of carbonyl (C=O) groups is 1. The fourth-order valence-electron chi connectivity index (χ4n) is 2.64. The number of ether oxygens (including phenoxy) is 2. The van der Waals surface area contributed by atoms with Crippen LogP contribution in [0.25, 0.3) is 0 Å². The Morgan fingerprint density at radius 3 is 2.39 bits per heavy atom. The number of fused-ring (bicyclic) bond motifs is 1. The van der Waals surface area contributed by atoms with Gasteiger partial charge in [-0.2, -0.15) is 9.97 Å². The number of carbonyl (C=O) groups excluding carboxylic acids is 1. The molecule has 0 spiro atoms. The number of hydrogen-bond donors (Lipinski definition) is 2. The maximum Gasteiger partial charge on any atom is 0.335 e. The van der Waals surface area contributed by atoms with Gasteiger partial charge in [0.1, 0.15) is 4.90 Å². The number of hydrogen-bond acceptors (Lipinski definition) is 9. The van der Waals surface area contributed by atoms with Gasteiger partial charge >= 0.3 is 6.03 Å². The summed E-state index contributed by atoms with van der Waals surface area (Å²) in [5.74, 6) is -0.290. The topological polar surface area (TPSA) is 154 Å². The molecule has 13 heteroatoms. The average Bonchev–Trinajstić information content (AvgIpc) is 2.96. The van der Waals surface area contributed by atoms with Crippen molar-refractivity contribution >= 4 is 31.8 Å². The Kier molecular flexibility index (Phi) is 5.12. The molecule has 2 heterocycles. The van der Waals surface area contributed by atoms with E-state index in [1.54, 1.807) is 4.72 Å². The number of sulfone groups is 1. The maximum absolute atomic E-state index is 12.6. The lowest BCUT2D eigenvalue weighted by Crippen LogP contribution is -2.35. The third kappa shape index (κ3) is 3.84. The Hall–Kier alpha value is -2.93. The third-order valence-corrected chi connectivity index (χ3v) is 7.20. The molecule has 1 aliphatic rings. The van der Waals surface area contributed by atoms with E-state index in [0.29, 0.717) is 5.56 Å². The molecule has 0 atom stereocenters. The fraction of sp³-hybridized carbons (Fsp3) is 0.267. The van der Waals surface area contributed by atoms with E-state index >= 15 is 0 Å². The number of aromatic nitrogens is 2. The van der Waals surface area contributed by atoms with Crippen molar-refractivity contribution in [3.8, 4) is 11.8 Å². The summed E-state index contributed by atoms with van der Waals surface area (Å²) >= 11 is 0. The minimum absolute atomic E-state index is 0.0805. The number of aryl methyl sites for hydroxylation is 1. The zero-order valence-electron chi connectivity index (χ0n) is 14.8. The molecule has 1 aromatic heterocycles. The van der Waals surface area contributed by atoms with E-state index in [2.05, 4.69) is 15.3 Å². The van der Waals surface area contributed by atoms with Crippen LogP contribution in [0.15, 0.2) is 34.1 Å². The van der Waals surface area contributed by atoms with Gasteiger partial charge in [-0.25, -0.2) is 26.4 Å². The van der Waals surface area contributed by atoms with Crippen LogP contribution in [0.1, 0.15) is 5.56 Å². The predicted molar refractivity (Wildman–Crippen MR) is 96.7 cm³/mol. The number of methoxy groups -OCH3 is 2. The molecular formula is C15H16N4O7S2. The summed E-state index contributed by atoms with van der Waals surface area (Å²) < 4.78 is 61.2. The zero-order valence-corrected chi connectivity index (χ0v) is 16.4. The average molecular weight is 428 g/mol. The second-order valence-corrected chi connectivity index (χ2v) is 9.35. The van der Waals surface area contributed by atoms with Crippen LogP contribution in [0.5, 0.6) is 11.8 Å². The highest BCUT2D eigenvalue weighted by Gasteiger charge is 2.34. The molecule has 3 rings (SSSR count). The van der Waals surface area contributed by atoms with E-state index in [1.807, 2.05) is 0 Å². The fourth-order valence-corrected chi connectivity index (χ4v) is 6.03. The molecule has 1 aliphatic heterocycles. The molecule has 28 heavy (non-hydrogen) atoms. The van der Waals surface area contributed by atoms with E-state index < -0.39 is 30.8 Å². The summed E-state index contributed by atoms with van der Waals surface area (Å²) in [7, 11) is -5.53. The van der Waals surface area contributed by atoms with Gasteiger partial charge in [0.15, 0.2) is 9.84 Å². The molecule has 0 unspecified atom stereocenters. The standard InChI is InChI=1S/C15H16N4O7S2/c1-25-11-8-12(26-2)17-14(16-11)18-15(20)19-28(23,24)10-5-3-4-9-6-7-27(21,22)13(9)10/h3-5,8H,6-7H2,1-2H3,(H2,16,17,18,19,20). The monoisotopic (exact) mass is 428 g/mol.